The Morgan fingerprint density at radius 1 is 0.388 bits per heavy atom. The lowest BCUT2D eigenvalue weighted by molar-refractivity contribution is 0.669. The number of anilines is 2. The number of fused-ring (bicyclic) bond motifs is 4. The maximum absolute atomic E-state index is 6.47. The first-order valence-corrected chi connectivity index (χ1v) is 16.9. The van der Waals surface area contributed by atoms with Gasteiger partial charge >= 0.3 is 0 Å². The summed E-state index contributed by atoms with van der Waals surface area (Å²) < 4.78 is 6.47. The van der Waals surface area contributed by atoms with Crippen molar-refractivity contribution >= 4 is 56.7 Å². The average molecular weight is 646 g/mol. The zero-order valence-electron chi connectivity index (χ0n) is 26.6. The van der Waals surface area contributed by atoms with E-state index in [2.05, 4.69) is 175 Å². The first-order chi connectivity index (χ1) is 24.2. The van der Waals surface area contributed by atoms with Gasteiger partial charge in [-0.3, -0.25) is 0 Å². The second-order valence-corrected chi connectivity index (χ2v) is 12.9. The fourth-order valence-corrected chi connectivity index (χ4v) is 7.21. The molecule has 0 bridgehead atoms. The van der Waals surface area contributed by atoms with Crippen molar-refractivity contribution in [3.8, 4) is 44.5 Å². The summed E-state index contributed by atoms with van der Waals surface area (Å²) >= 11 is 4.76. The van der Waals surface area contributed by atoms with Gasteiger partial charge in [-0.25, -0.2) is 0 Å². The molecule has 0 aliphatic rings. The summed E-state index contributed by atoms with van der Waals surface area (Å²) in [6.45, 7) is 0. The molecule has 0 aliphatic heterocycles. The molecule has 0 saturated carbocycles. The number of furan rings is 1. The van der Waals surface area contributed by atoms with Crippen LogP contribution in [0.4, 0.5) is 11.4 Å². The second-order valence-electron chi connectivity index (χ2n) is 12.4. The normalized spacial score (nSPS) is 11.4. The molecule has 0 atom stereocenters. The van der Waals surface area contributed by atoms with Crippen LogP contribution in [0.3, 0.4) is 0 Å². The largest absolute Gasteiger partial charge is 0.456 e. The average Bonchev–Trinajstić information content (AvgIpc) is 3.55. The van der Waals surface area contributed by atoms with Gasteiger partial charge in [0.15, 0.2) is 0 Å². The van der Waals surface area contributed by atoms with Gasteiger partial charge in [-0.2, -0.15) is 0 Å². The minimum Gasteiger partial charge on any atom is -0.456 e. The molecule has 0 aliphatic carbocycles. The molecular weight excluding hydrogens is 615 g/mol. The smallest absolute Gasteiger partial charge is 0.137 e. The highest BCUT2D eigenvalue weighted by Crippen LogP contribution is 2.42. The number of nitrogens with one attached hydrogen (secondary N) is 1. The molecule has 0 radical (unpaired) electrons. The minimum absolute atomic E-state index is 0.853. The van der Waals surface area contributed by atoms with Gasteiger partial charge in [0.2, 0.25) is 0 Å². The quantitative estimate of drug-likeness (QED) is 0.176. The molecule has 1 aromatic heterocycles. The number of hydrogen-bond acceptors (Lipinski definition) is 3. The molecule has 9 aromatic rings. The lowest BCUT2D eigenvalue weighted by atomic mass is 9.94. The zero-order chi connectivity index (χ0) is 32.7. The van der Waals surface area contributed by atoms with Gasteiger partial charge in [0, 0.05) is 16.0 Å². The zero-order valence-corrected chi connectivity index (χ0v) is 27.5. The highest BCUT2D eigenvalue weighted by molar-refractivity contribution is 7.80. The highest BCUT2D eigenvalue weighted by Gasteiger charge is 2.17. The van der Waals surface area contributed by atoms with E-state index in [1.165, 1.54) is 21.9 Å². The van der Waals surface area contributed by atoms with Crippen molar-refractivity contribution in [2.24, 2.45) is 0 Å². The SMILES string of the molecule is Sc1ccc(-c2cccc(Nc3cccc4oc5cccc(-c6cccc(-c7ccc8ccccc8c7)c6)c5c34)c2)cc1-c1ccccc1. The van der Waals surface area contributed by atoms with Crippen LogP contribution in [-0.4, -0.2) is 0 Å². The van der Waals surface area contributed by atoms with Gasteiger partial charge in [0.1, 0.15) is 11.2 Å². The van der Waals surface area contributed by atoms with Crippen LogP contribution in [0.1, 0.15) is 0 Å². The van der Waals surface area contributed by atoms with Gasteiger partial charge < -0.3 is 9.73 Å². The monoisotopic (exact) mass is 645 g/mol. The molecule has 3 heteroatoms. The van der Waals surface area contributed by atoms with Crippen molar-refractivity contribution in [3.05, 3.63) is 176 Å². The van der Waals surface area contributed by atoms with Crippen LogP contribution in [0.5, 0.6) is 0 Å². The third-order valence-corrected chi connectivity index (χ3v) is 9.72. The summed E-state index contributed by atoms with van der Waals surface area (Å²) in [6, 6.07) is 62.0. The van der Waals surface area contributed by atoms with E-state index in [1.54, 1.807) is 0 Å². The molecule has 0 amide bonds. The molecule has 1 N–H and O–H groups in total. The van der Waals surface area contributed by atoms with E-state index < -0.39 is 0 Å². The Labute approximate surface area is 290 Å². The topological polar surface area (TPSA) is 25.2 Å². The Morgan fingerprint density at radius 2 is 1.02 bits per heavy atom. The fourth-order valence-electron chi connectivity index (χ4n) is 6.94. The van der Waals surface area contributed by atoms with Crippen LogP contribution >= 0.6 is 12.6 Å². The van der Waals surface area contributed by atoms with Crippen LogP contribution in [-0.2, 0) is 0 Å². The Hall–Kier alpha value is -6.03. The van der Waals surface area contributed by atoms with Crippen LogP contribution in [0, 0.1) is 0 Å². The predicted molar refractivity (Wildman–Crippen MR) is 210 cm³/mol. The Morgan fingerprint density at radius 3 is 1.90 bits per heavy atom. The molecule has 232 valence electrons. The molecular formula is C46H31NOS. The predicted octanol–water partition coefficient (Wildman–Crippen LogP) is 13.4. The fraction of sp³-hybridized carbons (Fsp3) is 0. The number of thiol groups is 1. The van der Waals surface area contributed by atoms with Gasteiger partial charge in [-0.1, -0.05) is 121 Å². The standard InChI is InChI=1S/C46H31NOS/c49-44-25-24-36(29-40(44)31-11-2-1-3-12-31)34-15-7-17-38(28-34)47-41-19-9-21-43-46(41)45-39(18-8-20-42(45)48-43)37-16-6-14-33(27-37)35-23-22-30-10-4-5-13-32(30)26-35/h1-29,47,49H. The second kappa shape index (κ2) is 12.2. The van der Waals surface area contributed by atoms with Gasteiger partial charge in [0.05, 0.1) is 11.1 Å². The van der Waals surface area contributed by atoms with E-state index in [0.29, 0.717) is 0 Å². The van der Waals surface area contributed by atoms with Gasteiger partial charge in [-0.05, 0) is 110 Å². The third kappa shape index (κ3) is 5.44. The van der Waals surface area contributed by atoms with Gasteiger partial charge in [-0.15, -0.1) is 12.6 Å². The van der Waals surface area contributed by atoms with Crippen molar-refractivity contribution in [1.82, 2.24) is 0 Å². The number of rotatable bonds is 6. The van der Waals surface area contributed by atoms with E-state index >= 15 is 0 Å². The molecule has 2 nitrogen and oxygen atoms in total. The van der Waals surface area contributed by atoms with E-state index in [4.69, 9.17) is 17.0 Å². The summed E-state index contributed by atoms with van der Waals surface area (Å²) in [5, 5.41) is 8.41. The Bertz CT molecular complexity index is 2650. The van der Waals surface area contributed by atoms with Crippen molar-refractivity contribution < 1.29 is 4.42 Å². The molecule has 0 unspecified atom stereocenters. The summed E-state index contributed by atoms with van der Waals surface area (Å²) in [6.07, 6.45) is 0. The Kier molecular flexibility index (Phi) is 7.26. The summed E-state index contributed by atoms with van der Waals surface area (Å²) in [7, 11) is 0. The highest BCUT2D eigenvalue weighted by atomic mass is 32.1. The van der Waals surface area contributed by atoms with E-state index in [0.717, 1.165) is 71.6 Å². The van der Waals surface area contributed by atoms with Crippen LogP contribution in [0.25, 0.3) is 77.2 Å². The first kappa shape index (κ1) is 29.1. The lowest BCUT2D eigenvalue weighted by Crippen LogP contribution is -1.92. The molecule has 0 spiro atoms. The van der Waals surface area contributed by atoms with E-state index in [-0.39, 0.29) is 0 Å². The molecule has 0 saturated heterocycles. The summed E-state index contributed by atoms with van der Waals surface area (Å²) in [5.41, 5.74) is 12.9. The molecule has 1 heterocycles. The maximum atomic E-state index is 6.47. The van der Waals surface area contributed by atoms with E-state index in [1.807, 2.05) is 6.07 Å². The number of benzene rings is 8. The Balaban J connectivity index is 1.11. The van der Waals surface area contributed by atoms with Crippen molar-refractivity contribution in [3.63, 3.8) is 0 Å². The summed E-state index contributed by atoms with van der Waals surface area (Å²) in [5.74, 6) is 0. The molecule has 49 heavy (non-hydrogen) atoms. The lowest BCUT2D eigenvalue weighted by Gasteiger charge is -2.13. The third-order valence-electron chi connectivity index (χ3n) is 9.34. The van der Waals surface area contributed by atoms with Crippen molar-refractivity contribution in [2.45, 2.75) is 4.90 Å². The number of hydrogen-bond donors (Lipinski definition) is 2. The molecule has 0 fully saturated rings. The van der Waals surface area contributed by atoms with Gasteiger partial charge in [0.25, 0.3) is 0 Å². The molecule has 8 aromatic carbocycles. The molecule has 9 rings (SSSR count). The van der Waals surface area contributed by atoms with Crippen molar-refractivity contribution in [1.29, 1.82) is 0 Å². The van der Waals surface area contributed by atoms with Crippen LogP contribution in [0.15, 0.2) is 185 Å². The maximum Gasteiger partial charge on any atom is 0.137 e. The van der Waals surface area contributed by atoms with Crippen LogP contribution in [0.2, 0.25) is 0 Å². The van der Waals surface area contributed by atoms with E-state index in [9.17, 15) is 0 Å². The van der Waals surface area contributed by atoms with Crippen LogP contribution < -0.4 is 5.32 Å². The summed E-state index contributed by atoms with van der Waals surface area (Å²) in [4.78, 5) is 0.960. The first-order valence-electron chi connectivity index (χ1n) is 16.5. The van der Waals surface area contributed by atoms with Crippen molar-refractivity contribution in [2.75, 3.05) is 5.32 Å². The minimum atomic E-state index is 0.853.